The standard InChI is InChI=1S/C14H16F3N4O2.C2HF3O2/c1-21(2)6-5-10(8-21)22-11-4-3-9(7-18-11)12-19-13(23-20-12)14(15,16)17;3-2(4,5)1(6)7/h3-4,7,10H,5-6,8H2,1-2H3;(H,6,7)/q+1;/p-1/t10-;/m0./s1. The quantitative estimate of drug-likeness (QED) is 0.527. The molecule has 1 atom stereocenters. The van der Waals surface area contributed by atoms with Gasteiger partial charge in [0, 0.05) is 24.2 Å². The lowest BCUT2D eigenvalue weighted by Crippen LogP contribution is -2.38. The summed E-state index contributed by atoms with van der Waals surface area (Å²) < 4.78 is 79.7. The smallest absolute Gasteiger partial charge is 0.471 e. The highest BCUT2D eigenvalue weighted by Crippen LogP contribution is 2.29. The molecule has 0 bridgehead atoms. The van der Waals surface area contributed by atoms with Crippen molar-refractivity contribution in [2.75, 3.05) is 27.2 Å². The second-order valence-electron chi connectivity index (χ2n) is 6.96. The van der Waals surface area contributed by atoms with Gasteiger partial charge >= 0.3 is 18.2 Å². The molecule has 0 aromatic carbocycles. The molecule has 166 valence electrons. The van der Waals surface area contributed by atoms with Gasteiger partial charge in [-0.25, -0.2) is 4.98 Å². The van der Waals surface area contributed by atoms with E-state index in [0.717, 1.165) is 24.0 Å². The van der Waals surface area contributed by atoms with Crippen LogP contribution in [-0.2, 0) is 11.0 Å². The fourth-order valence-electron chi connectivity index (χ4n) is 2.53. The van der Waals surface area contributed by atoms with Gasteiger partial charge < -0.3 is 23.6 Å². The summed E-state index contributed by atoms with van der Waals surface area (Å²) in [5, 5.41) is 12.1. The van der Waals surface area contributed by atoms with Gasteiger partial charge in [0.2, 0.25) is 11.7 Å². The van der Waals surface area contributed by atoms with Crippen molar-refractivity contribution in [2.45, 2.75) is 24.9 Å². The number of aliphatic carboxylic acids is 1. The van der Waals surface area contributed by atoms with Gasteiger partial charge in [-0.1, -0.05) is 5.16 Å². The number of nitrogens with zero attached hydrogens (tertiary/aromatic N) is 4. The molecule has 2 aromatic heterocycles. The Balaban J connectivity index is 0.000000396. The molecule has 0 spiro atoms. The maximum Gasteiger partial charge on any atom is 0.471 e. The molecule has 0 unspecified atom stereocenters. The molecule has 1 fully saturated rings. The van der Waals surface area contributed by atoms with Crippen LogP contribution in [0.3, 0.4) is 0 Å². The number of rotatable bonds is 3. The normalized spacial score (nSPS) is 18.5. The van der Waals surface area contributed by atoms with Gasteiger partial charge in [0.05, 0.1) is 20.6 Å². The first-order valence-electron chi connectivity index (χ1n) is 8.31. The number of carbonyl (C=O) groups excluding carboxylic acids is 1. The monoisotopic (exact) mass is 442 g/mol. The minimum atomic E-state index is -5.19. The summed E-state index contributed by atoms with van der Waals surface area (Å²) in [5.74, 6) is -4.11. The van der Waals surface area contributed by atoms with E-state index < -0.39 is 24.2 Å². The van der Waals surface area contributed by atoms with Crippen LogP contribution in [0, 0.1) is 0 Å². The first-order chi connectivity index (χ1) is 13.7. The Labute approximate surface area is 165 Å². The summed E-state index contributed by atoms with van der Waals surface area (Å²) in [5.41, 5.74) is 0.333. The van der Waals surface area contributed by atoms with E-state index in [1.54, 1.807) is 12.1 Å². The number of ether oxygens (including phenoxy) is 1. The number of alkyl halides is 6. The summed E-state index contributed by atoms with van der Waals surface area (Å²) in [7, 11) is 4.27. The summed E-state index contributed by atoms with van der Waals surface area (Å²) in [4.78, 5) is 16.2. The molecule has 3 heterocycles. The molecule has 1 aliphatic rings. The molecule has 0 amide bonds. The number of carbonyl (C=O) groups is 1. The molecule has 1 aliphatic heterocycles. The summed E-state index contributed by atoms with van der Waals surface area (Å²) >= 11 is 0. The fraction of sp³-hybridized carbons (Fsp3) is 0.500. The first-order valence-corrected chi connectivity index (χ1v) is 8.31. The lowest BCUT2D eigenvalue weighted by Gasteiger charge is -2.23. The SMILES string of the molecule is C[N+]1(C)CC[C@H](Oc2ccc(-c3noc(C(F)(F)F)n3)cn2)C1.O=C([O-])C(F)(F)F. The highest BCUT2D eigenvalue weighted by Gasteiger charge is 2.38. The van der Waals surface area contributed by atoms with Crippen LogP contribution in [0.1, 0.15) is 12.3 Å². The number of hydrogen-bond acceptors (Lipinski definition) is 7. The Morgan fingerprint density at radius 1 is 1.23 bits per heavy atom. The van der Waals surface area contributed by atoms with E-state index >= 15 is 0 Å². The second kappa shape index (κ2) is 8.45. The van der Waals surface area contributed by atoms with Crippen molar-refractivity contribution in [3.05, 3.63) is 24.2 Å². The Morgan fingerprint density at radius 2 is 1.87 bits per heavy atom. The summed E-state index contributed by atoms with van der Waals surface area (Å²) in [6.07, 6.45) is -7.45. The molecule has 2 aromatic rings. The van der Waals surface area contributed by atoms with Crippen molar-refractivity contribution >= 4 is 5.97 Å². The summed E-state index contributed by atoms with van der Waals surface area (Å²) in [6, 6.07) is 3.15. The number of aromatic nitrogens is 3. The van der Waals surface area contributed by atoms with E-state index in [2.05, 4.69) is 33.7 Å². The highest BCUT2D eigenvalue weighted by atomic mass is 19.4. The van der Waals surface area contributed by atoms with Crippen LogP contribution in [0.4, 0.5) is 26.3 Å². The van der Waals surface area contributed by atoms with Crippen molar-refractivity contribution < 1.29 is 50.0 Å². The van der Waals surface area contributed by atoms with Crippen LogP contribution in [0.15, 0.2) is 22.9 Å². The Bertz CT molecular complexity index is 864. The minimum Gasteiger partial charge on any atom is -0.542 e. The van der Waals surface area contributed by atoms with Crippen molar-refractivity contribution in [1.82, 2.24) is 15.1 Å². The van der Waals surface area contributed by atoms with Crippen molar-refractivity contribution in [3.63, 3.8) is 0 Å². The maximum absolute atomic E-state index is 12.4. The minimum absolute atomic E-state index is 0.0883. The molecule has 8 nitrogen and oxygen atoms in total. The van der Waals surface area contributed by atoms with E-state index in [0.29, 0.717) is 11.4 Å². The van der Waals surface area contributed by atoms with Crippen LogP contribution >= 0.6 is 0 Å². The van der Waals surface area contributed by atoms with E-state index in [4.69, 9.17) is 14.6 Å². The molecule has 0 N–H and O–H groups in total. The third kappa shape index (κ3) is 6.57. The molecule has 30 heavy (non-hydrogen) atoms. The molecule has 3 rings (SSSR count). The van der Waals surface area contributed by atoms with Crippen LogP contribution in [0.25, 0.3) is 11.4 Å². The number of carboxylic acid groups (broad SMARTS) is 1. The number of pyridine rings is 1. The Morgan fingerprint density at radius 3 is 2.27 bits per heavy atom. The zero-order valence-electron chi connectivity index (χ0n) is 15.6. The topological polar surface area (TPSA) is 101 Å². The fourth-order valence-corrected chi connectivity index (χ4v) is 2.53. The first kappa shape index (κ1) is 23.4. The maximum atomic E-state index is 12.4. The van der Waals surface area contributed by atoms with Gasteiger partial charge in [0.25, 0.3) is 0 Å². The number of hydrogen-bond donors (Lipinski definition) is 0. The van der Waals surface area contributed by atoms with Crippen LogP contribution < -0.4 is 9.84 Å². The average Bonchev–Trinajstić information content (AvgIpc) is 3.22. The molecule has 0 aliphatic carbocycles. The van der Waals surface area contributed by atoms with Gasteiger partial charge in [-0.05, 0) is 6.07 Å². The number of likely N-dealkylation sites (tertiary alicyclic amines) is 1. The molecule has 14 heteroatoms. The lowest BCUT2D eigenvalue weighted by atomic mass is 10.2. The predicted molar refractivity (Wildman–Crippen MR) is 84.5 cm³/mol. The zero-order valence-corrected chi connectivity index (χ0v) is 15.6. The van der Waals surface area contributed by atoms with Gasteiger partial charge in [-0.3, -0.25) is 0 Å². The highest BCUT2D eigenvalue weighted by molar-refractivity contribution is 5.70. The van der Waals surface area contributed by atoms with E-state index in [1.165, 1.54) is 6.20 Å². The second-order valence-corrected chi connectivity index (χ2v) is 6.96. The number of carboxylic acids is 1. The molecule has 0 saturated carbocycles. The van der Waals surface area contributed by atoms with Gasteiger partial charge in [0.15, 0.2) is 6.10 Å². The lowest BCUT2D eigenvalue weighted by molar-refractivity contribution is -0.879. The van der Waals surface area contributed by atoms with Crippen LogP contribution in [-0.4, -0.2) is 65.0 Å². The van der Waals surface area contributed by atoms with Gasteiger partial charge in [0.1, 0.15) is 12.5 Å². The third-order valence-electron chi connectivity index (χ3n) is 3.94. The Hall–Kier alpha value is -2.90. The summed E-state index contributed by atoms with van der Waals surface area (Å²) in [6.45, 7) is 1.93. The van der Waals surface area contributed by atoms with E-state index in [-0.39, 0.29) is 11.9 Å². The number of likely N-dealkylation sites (N-methyl/N-ethyl adjacent to an activating group) is 1. The largest absolute Gasteiger partial charge is 0.542 e. The van der Waals surface area contributed by atoms with E-state index in [9.17, 15) is 26.3 Å². The van der Waals surface area contributed by atoms with Crippen molar-refractivity contribution in [1.29, 1.82) is 0 Å². The molecule has 0 radical (unpaired) electrons. The van der Waals surface area contributed by atoms with Crippen molar-refractivity contribution in [2.24, 2.45) is 0 Å². The molecule has 1 saturated heterocycles. The molecular weight excluding hydrogens is 426 g/mol. The van der Waals surface area contributed by atoms with Crippen molar-refractivity contribution in [3.8, 4) is 17.3 Å². The van der Waals surface area contributed by atoms with Crippen LogP contribution in [0.2, 0.25) is 0 Å². The third-order valence-corrected chi connectivity index (χ3v) is 3.94. The van der Waals surface area contributed by atoms with Gasteiger partial charge in [-0.15, -0.1) is 0 Å². The van der Waals surface area contributed by atoms with Crippen LogP contribution in [0.5, 0.6) is 5.88 Å². The Kier molecular flexibility index (Phi) is 6.59. The zero-order chi connectivity index (χ0) is 22.7. The number of quaternary nitrogens is 1. The number of halogens is 6. The van der Waals surface area contributed by atoms with Gasteiger partial charge in [-0.2, -0.15) is 31.3 Å². The van der Waals surface area contributed by atoms with E-state index in [1.807, 2.05) is 0 Å². The average molecular weight is 442 g/mol. The molecular formula is C16H16F6N4O4. The predicted octanol–water partition coefficient (Wildman–Crippen LogP) is 1.68.